The summed E-state index contributed by atoms with van der Waals surface area (Å²) in [7, 11) is 0. The molecule has 2 heterocycles. The van der Waals surface area contributed by atoms with Crippen molar-refractivity contribution in [3.05, 3.63) is 23.4 Å². The van der Waals surface area contributed by atoms with Crippen LogP contribution in [-0.2, 0) is 27.2 Å². The molecule has 3 aliphatic rings. The molecule has 3 N–H and O–H groups in total. The molecule has 0 aromatic carbocycles. The Hall–Kier alpha value is -2.15. The first kappa shape index (κ1) is 25.9. The molecule has 2 aliphatic carbocycles. The Kier molecular flexibility index (Phi) is 8.68. The van der Waals surface area contributed by atoms with Crippen LogP contribution in [0.25, 0.3) is 0 Å². The standard InChI is InChI=1S/C28H43N3O4/c1-28(2,21-8-4-3-5-9-21)27(34)31-24(26(32)33)14-16-35-23-17-19(18-23)10-12-22-13-11-20-7-6-15-29-25(20)30-22/h11,13,19,21,23-24H,3-10,12,14-18H2,1-2H3,(H,29,30)(H,31,34)(H,32,33). The van der Waals surface area contributed by atoms with E-state index in [0.29, 0.717) is 24.9 Å². The van der Waals surface area contributed by atoms with E-state index in [-0.39, 0.29) is 12.0 Å². The second-order valence-corrected chi connectivity index (χ2v) is 11.4. The normalized spacial score (nSPS) is 23.5. The smallest absolute Gasteiger partial charge is 0.326 e. The summed E-state index contributed by atoms with van der Waals surface area (Å²) in [6, 6.07) is 3.48. The molecule has 1 aliphatic heterocycles. The molecule has 1 unspecified atom stereocenters. The Balaban J connectivity index is 1.14. The lowest BCUT2D eigenvalue weighted by atomic mass is 9.70. The zero-order valence-corrected chi connectivity index (χ0v) is 21.5. The molecule has 7 nitrogen and oxygen atoms in total. The van der Waals surface area contributed by atoms with Gasteiger partial charge >= 0.3 is 5.97 Å². The highest BCUT2D eigenvalue weighted by Gasteiger charge is 2.39. The number of ether oxygens (including phenoxy) is 1. The van der Waals surface area contributed by atoms with Gasteiger partial charge in [0.15, 0.2) is 0 Å². The summed E-state index contributed by atoms with van der Waals surface area (Å²) in [6.07, 6.45) is 12.5. The Morgan fingerprint density at radius 2 is 1.97 bits per heavy atom. The van der Waals surface area contributed by atoms with Gasteiger partial charge in [-0.1, -0.05) is 39.2 Å². The van der Waals surface area contributed by atoms with Crippen LogP contribution in [-0.4, -0.2) is 47.3 Å². The van der Waals surface area contributed by atoms with E-state index in [1.807, 2.05) is 13.8 Å². The molecule has 35 heavy (non-hydrogen) atoms. The zero-order valence-electron chi connectivity index (χ0n) is 21.5. The van der Waals surface area contributed by atoms with E-state index in [2.05, 4.69) is 22.8 Å². The van der Waals surface area contributed by atoms with Crippen molar-refractivity contribution in [1.29, 1.82) is 0 Å². The van der Waals surface area contributed by atoms with Crippen molar-refractivity contribution in [2.75, 3.05) is 18.5 Å². The average Bonchev–Trinajstić information content (AvgIpc) is 2.84. The number of amides is 1. The number of pyridine rings is 1. The van der Waals surface area contributed by atoms with Crippen molar-refractivity contribution >= 4 is 17.7 Å². The van der Waals surface area contributed by atoms with E-state index in [1.54, 1.807) is 0 Å². The number of nitrogens with zero attached hydrogens (tertiary/aromatic N) is 1. The maximum absolute atomic E-state index is 12.9. The summed E-state index contributed by atoms with van der Waals surface area (Å²) < 4.78 is 5.96. The third kappa shape index (κ3) is 6.75. The Morgan fingerprint density at radius 3 is 2.71 bits per heavy atom. The summed E-state index contributed by atoms with van der Waals surface area (Å²) >= 11 is 0. The van der Waals surface area contributed by atoms with Gasteiger partial charge in [0.2, 0.25) is 5.91 Å². The molecule has 7 heteroatoms. The van der Waals surface area contributed by atoms with Crippen molar-refractivity contribution in [3.63, 3.8) is 0 Å². The van der Waals surface area contributed by atoms with E-state index in [4.69, 9.17) is 9.72 Å². The van der Waals surface area contributed by atoms with Crippen LogP contribution in [0.3, 0.4) is 0 Å². The fourth-order valence-electron chi connectivity index (χ4n) is 5.87. The third-order valence-corrected chi connectivity index (χ3v) is 8.53. The molecule has 4 rings (SSSR count). The predicted molar refractivity (Wildman–Crippen MR) is 136 cm³/mol. The van der Waals surface area contributed by atoms with Crippen LogP contribution in [0.15, 0.2) is 12.1 Å². The first-order valence-corrected chi connectivity index (χ1v) is 13.7. The second kappa shape index (κ2) is 11.7. The number of carboxylic acids is 1. The topological polar surface area (TPSA) is 101 Å². The van der Waals surface area contributed by atoms with E-state index < -0.39 is 17.4 Å². The monoisotopic (exact) mass is 485 g/mol. The van der Waals surface area contributed by atoms with Crippen LogP contribution < -0.4 is 10.6 Å². The number of anilines is 1. The lowest BCUT2D eigenvalue weighted by Gasteiger charge is -2.37. The molecule has 0 spiro atoms. The molecule has 0 radical (unpaired) electrons. The number of aromatic nitrogens is 1. The van der Waals surface area contributed by atoms with Crippen LogP contribution in [0.2, 0.25) is 0 Å². The summed E-state index contributed by atoms with van der Waals surface area (Å²) in [5, 5.41) is 15.9. The number of hydrogen-bond acceptors (Lipinski definition) is 5. The third-order valence-electron chi connectivity index (χ3n) is 8.53. The number of carbonyl (C=O) groups excluding carboxylic acids is 1. The van der Waals surface area contributed by atoms with Gasteiger partial charge in [-0.25, -0.2) is 9.78 Å². The van der Waals surface area contributed by atoms with Crippen molar-refractivity contribution in [1.82, 2.24) is 10.3 Å². The largest absolute Gasteiger partial charge is 0.480 e. The second-order valence-electron chi connectivity index (χ2n) is 11.4. The molecule has 1 atom stereocenters. The number of fused-ring (bicyclic) bond motifs is 1. The van der Waals surface area contributed by atoms with E-state index >= 15 is 0 Å². The van der Waals surface area contributed by atoms with Crippen LogP contribution in [0.5, 0.6) is 0 Å². The predicted octanol–water partition coefficient (Wildman–Crippen LogP) is 4.73. The number of hydrogen-bond donors (Lipinski definition) is 3. The number of carbonyl (C=O) groups is 2. The maximum Gasteiger partial charge on any atom is 0.326 e. The van der Waals surface area contributed by atoms with Crippen molar-refractivity contribution < 1.29 is 19.4 Å². The minimum absolute atomic E-state index is 0.147. The van der Waals surface area contributed by atoms with Gasteiger partial charge in [0.05, 0.1) is 6.10 Å². The number of rotatable bonds is 11. The number of aliphatic carboxylic acids is 1. The molecule has 194 valence electrons. The highest BCUT2D eigenvalue weighted by Crippen LogP contribution is 2.38. The lowest BCUT2D eigenvalue weighted by molar-refractivity contribution is -0.145. The molecule has 0 bridgehead atoms. The van der Waals surface area contributed by atoms with Crippen LogP contribution in [0.1, 0.15) is 89.3 Å². The fourth-order valence-corrected chi connectivity index (χ4v) is 5.87. The molecule has 2 fully saturated rings. The fraction of sp³-hybridized carbons (Fsp3) is 0.750. The van der Waals surface area contributed by atoms with Gasteiger partial charge in [-0.05, 0) is 74.8 Å². The summed E-state index contributed by atoms with van der Waals surface area (Å²) in [4.78, 5) is 29.5. The molecule has 1 aromatic rings. The SMILES string of the molecule is CC(C)(C(=O)NC(CCOC1CC(CCc2ccc3c(n2)NCCC3)C1)C(=O)O)C1CCCCC1. The molecular formula is C28H43N3O4. The molecule has 0 saturated heterocycles. The molecule has 1 amide bonds. The summed E-state index contributed by atoms with van der Waals surface area (Å²) in [5.74, 6) is 0.885. The highest BCUT2D eigenvalue weighted by molar-refractivity contribution is 5.87. The van der Waals surface area contributed by atoms with Crippen LogP contribution in [0.4, 0.5) is 5.82 Å². The van der Waals surface area contributed by atoms with Crippen molar-refractivity contribution in [3.8, 4) is 0 Å². The van der Waals surface area contributed by atoms with Crippen LogP contribution in [0, 0.1) is 17.3 Å². The van der Waals surface area contributed by atoms with Gasteiger partial charge in [-0.2, -0.15) is 0 Å². The molecule has 1 aromatic heterocycles. The zero-order chi connectivity index (χ0) is 24.8. The van der Waals surface area contributed by atoms with Crippen molar-refractivity contribution in [2.24, 2.45) is 17.3 Å². The average molecular weight is 486 g/mol. The Bertz CT molecular complexity index is 875. The first-order valence-electron chi connectivity index (χ1n) is 13.7. The van der Waals surface area contributed by atoms with E-state index in [0.717, 1.165) is 75.8 Å². The minimum Gasteiger partial charge on any atom is -0.480 e. The van der Waals surface area contributed by atoms with Gasteiger partial charge in [0, 0.05) is 30.7 Å². The molecule has 2 saturated carbocycles. The number of carboxylic acid groups (broad SMARTS) is 1. The number of nitrogens with one attached hydrogen (secondary N) is 2. The maximum atomic E-state index is 12.9. The summed E-state index contributed by atoms with van der Waals surface area (Å²) in [5.41, 5.74) is 1.93. The minimum atomic E-state index is -0.986. The number of aryl methyl sites for hydroxylation is 2. The van der Waals surface area contributed by atoms with Gasteiger partial charge in [-0.3, -0.25) is 4.79 Å². The van der Waals surface area contributed by atoms with Gasteiger partial charge < -0.3 is 20.5 Å². The van der Waals surface area contributed by atoms with Gasteiger partial charge in [-0.15, -0.1) is 0 Å². The molecular weight excluding hydrogens is 442 g/mol. The van der Waals surface area contributed by atoms with Gasteiger partial charge in [0.1, 0.15) is 11.9 Å². The Morgan fingerprint density at radius 1 is 1.20 bits per heavy atom. The van der Waals surface area contributed by atoms with Crippen LogP contribution >= 0.6 is 0 Å². The van der Waals surface area contributed by atoms with Crippen molar-refractivity contribution in [2.45, 2.75) is 103 Å². The van der Waals surface area contributed by atoms with Gasteiger partial charge in [0.25, 0.3) is 0 Å². The Labute approximate surface area is 209 Å². The van der Waals surface area contributed by atoms with E-state index in [9.17, 15) is 14.7 Å². The first-order chi connectivity index (χ1) is 16.8. The lowest BCUT2D eigenvalue weighted by Crippen LogP contribution is -2.49. The summed E-state index contributed by atoms with van der Waals surface area (Å²) in [6.45, 7) is 5.28. The quantitative estimate of drug-likeness (QED) is 0.419. The highest BCUT2D eigenvalue weighted by atomic mass is 16.5. The van der Waals surface area contributed by atoms with E-state index in [1.165, 1.54) is 18.4 Å².